The third kappa shape index (κ3) is 112. The van der Waals surface area contributed by atoms with Crippen LogP contribution in [0.1, 0.15) is 76.2 Å². The van der Waals surface area contributed by atoms with Crippen LogP contribution in [0.15, 0.2) is 0 Å². The molecule has 88 heavy (non-hydrogen) atoms. The van der Waals surface area contributed by atoms with Crippen molar-refractivity contribution in [1.82, 2.24) is 20.4 Å². The largest absolute Gasteiger partial charge is 0.381 e. The molecule has 0 aromatic rings. The van der Waals surface area contributed by atoms with Gasteiger partial charge in [-0.05, 0) is 20.6 Å². The SMILES string of the molecule is C1COCCNCCOCCN1.C1COCCOCCO1.C1COCCOCCOCCO1.C1COCCOCCOCCOCCO1.C1COCCOCCOCCOCCOCCO1.CC.CC.CC.CC.CC.CCN(C)CO.CN(CO)CO. The fourth-order valence-corrected chi connectivity index (χ4v) is 5.13. The molecule has 5 N–H and O–H groups in total. The molecule has 5 aliphatic rings. The van der Waals surface area contributed by atoms with Crippen LogP contribution in [0.25, 0.3) is 0 Å². The summed E-state index contributed by atoms with van der Waals surface area (Å²) in [5.74, 6) is 0. The van der Waals surface area contributed by atoms with Gasteiger partial charge >= 0.3 is 0 Å². The fraction of sp³-hybridized carbons (Fsp3) is 1.00. The number of aliphatic hydroxyl groups excluding tert-OH is 3. The lowest BCUT2D eigenvalue weighted by atomic mass is 10.5. The summed E-state index contributed by atoms with van der Waals surface area (Å²) >= 11 is 0. The van der Waals surface area contributed by atoms with Crippen molar-refractivity contribution in [2.75, 3.05) is 331 Å². The van der Waals surface area contributed by atoms with Crippen molar-refractivity contribution in [2.24, 2.45) is 0 Å². The first-order valence-corrected chi connectivity index (χ1v) is 32.8. The standard InChI is InChI=1S/C12H24O6.C10H20O5.C8H18N2O2.C8H16O4.C6H12O3.C4H11NO.C3H9NO2.5C2H6/c1-2-14-5-6-16-9-10-18-12-11-17-8-7-15-4-3-13-1;1-2-12-5-6-14-9-10-15-8-7-13-4-3-11-1;1-5-11-7-3-10-4-8-12-6-2-9-1;1-2-10-5-6-12-8-7-11-4-3-9-1;1-2-8-5-6-9-4-3-7-1;1-3-5(2)4-6;1-4(2-5)3-6;5*1-2/h1-12H2;1-10H2;9-10H,1-8H2;1-8H2;1-6H2;6H,3-4H2,1-2H3;5-6H,2-3H2,1H3;5*1-2H3. The maximum atomic E-state index is 8.26. The van der Waals surface area contributed by atoms with Crippen LogP contribution in [0, 0.1) is 0 Å². The lowest BCUT2D eigenvalue weighted by Gasteiger charge is -2.10. The topological polar surface area (TPSA) is 276 Å². The van der Waals surface area contributed by atoms with Crippen LogP contribution < -0.4 is 10.6 Å². The van der Waals surface area contributed by atoms with Crippen LogP contribution >= 0.6 is 0 Å². The van der Waals surface area contributed by atoms with Crippen molar-refractivity contribution in [3.8, 4) is 0 Å². The number of nitrogens with one attached hydrogen (secondary N) is 2. The molecule has 27 nitrogen and oxygen atoms in total. The molecule has 0 aliphatic carbocycles. The normalized spacial score (nSPS) is 19.7. The Morgan fingerprint density at radius 2 is 0.307 bits per heavy atom. The van der Waals surface area contributed by atoms with Crippen LogP contribution in [0.5, 0.6) is 0 Å². The van der Waals surface area contributed by atoms with Gasteiger partial charge in [-0.3, -0.25) is 9.80 Å². The summed E-state index contributed by atoms with van der Waals surface area (Å²) in [5, 5.41) is 30.9. The van der Waals surface area contributed by atoms with Crippen LogP contribution in [0.3, 0.4) is 0 Å². The van der Waals surface area contributed by atoms with Gasteiger partial charge in [-0.2, -0.15) is 0 Å². The van der Waals surface area contributed by atoms with E-state index in [2.05, 4.69) is 10.6 Å². The highest BCUT2D eigenvalue weighted by Crippen LogP contribution is 1.90. The maximum absolute atomic E-state index is 8.26. The molecular formula is C61H140N4O23. The Balaban J connectivity index is -0.000000174. The van der Waals surface area contributed by atoms with Gasteiger partial charge in [0.15, 0.2) is 0 Å². The Morgan fingerprint density at radius 1 is 0.205 bits per heavy atom. The van der Waals surface area contributed by atoms with Crippen molar-refractivity contribution < 1.29 is 110 Å². The van der Waals surface area contributed by atoms with Crippen molar-refractivity contribution in [3.05, 3.63) is 0 Å². The quantitative estimate of drug-likeness (QED) is 0.253. The van der Waals surface area contributed by atoms with E-state index in [1.807, 2.05) is 83.2 Å². The molecular weight excluding hydrogens is 1160 g/mol. The number of hydrogen-bond donors (Lipinski definition) is 5. The molecule has 0 radical (unpaired) electrons. The lowest BCUT2D eigenvalue weighted by molar-refractivity contribution is -0.0334. The molecule has 0 bridgehead atoms. The second kappa shape index (κ2) is 110. The Morgan fingerprint density at radius 3 is 0.375 bits per heavy atom. The molecule has 0 spiro atoms. The maximum Gasteiger partial charge on any atom is 0.0971 e. The van der Waals surface area contributed by atoms with Gasteiger partial charge in [0.05, 0.1) is 284 Å². The van der Waals surface area contributed by atoms with E-state index in [4.69, 9.17) is 110 Å². The first kappa shape index (κ1) is 100. The molecule has 0 saturated carbocycles. The highest BCUT2D eigenvalue weighted by Gasteiger charge is 2.00. The van der Waals surface area contributed by atoms with Gasteiger partial charge in [0.1, 0.15) is 0 Å². The molecule has 542 valence electrons. The zero-order valence-electron chi connectivity index (χ0n) is 58.3. The number of nitrogens with zero attached hydrogens (tertiary/aromatic N) is 2. The van der Waals surface area contributed by atoms with Crippen molar-refractivity contribution in [2.45, 2.75) is 76.2 Å². The van der Waals surface area contributed by atoms with E-state index in [1.54, 1.807) is 11.9 Å². The zero-order chi connectivity index (χ0) is 66.7. The van der Waals surface area contributed by atoms with Crippen molar-refractivity contribution >= 4 is 0 Å². The second-order valence-corrected chi connectivity index (χ2v) is 16.2. The average Bonchev–Trinajstić information content (AvgIpc) is 3.73. The van der Waals surface area contributed by atoms with Gasteiger partial charge in [0, 0.05) is 26.2 Å². The molecule has 5 heterocycles. The molecule has 5 rings (SSSR count). The second-order valence-electron chi connectivity index (χ2n) is 16.2. The first-order chi connectivity index (χ1) is 43.6. The Hall–Kier alpha value is -1.08. The summed E-state index contributed by atoms with van der Waals surface area (Å²) in [6, 6.07) is 0. The van der Waals surface area contributed by atoms with Gasteiger partial charge < -0.3 is 121 Å². The minimum Gasteiger partial charge on any atom is -0.381 e. The average molecular weight is 1300 g/mol. The third-order valence-corrected chi connectivity index (χ3v) is 9.65. The van der Waals surface area contributed by atoms with E-state index in [-0.39, 0.29) is 20.2 Å². The molecule has 5 aliphatic heterocycles. The molecule has 0 aromatic carbocycles. The Labute approximate surface area is 536 Å². The van der Waals surface area contributed by atoms with E-state index in [9.17, 15) is 0 Å². The van der Waals surface area contributed by atoms with Gasteiger partial charge in [-0.1, -0.05) is 76.2 Å². The van der Waals surface area contributed by atoms with Gasteiger partial charge in [0.25, 0.3) is 0 Å². The van der Waals surface area contributed by atoms with E-state index < -0.39 is 0 Å². The summed E-state index contributed by atoms with van der Waals surface area (Å²) in [5.41, 5.74) is 0. The molecule has 0 aromatic heterocycles. The van der Waals surface area contributed by atoms with Crippen LogP contribution in [-0.2, 0) is 94.7 Å². The highest BCUT2D eigenvalue weighted by atomic mass is 16.6. The Kier molecular flexibility index (Phi) is 126. The van der Waals surface area contributed by atoms with Gasteiger partial charge in [-0.25, -0.2) is 0 Å². The van der Waals surface area contributed by atoms with Crippen LogP contribution in [0.4, 0.5) is 0 Å². The predicted octanol–water partition coefficient (Wildman–Crippen LogP) is 3.35. The lowest BCUT2D eigenvalue weighted by Crippen LogP contribution is -2.30. The fourth-order valence-electron chi connectivity index (χ4n) is 5.13. The van der Waals surface area contributed by atoms with Crippen LogP contribution in [-0.4, -0.2) is 356 Å². The summed E-state index contributed by atoms with van der Waals surface area (Å²) < 4.78 is 105. The molecule has 0 atom stereocenters. The molecule has 0 unspecified atom stereocenters. The first-order valence-electron chi connectivity index (χ1n) is 32.8. The number of rotatable bonds is 4. The predicted molar refractivity (Wildman–Crippen MR) is 346 cm³/mol. The van der Waals surface area contributed by atoms with E-state index >= 15 is 0 Å². The van der Waals surface area contributed by atoms with Crippen molar-refractivity contribution in [1.29, 1.82) is 0 Å². The minimum atomic E-state index is -0.0868. The van der Waals surface area contributed by atoms with E-state index in [0.29, 0.717) is 238 Å². The van der Waals surface area contributed by atoms with E-state index in [0.717, 1.165) is 59.2 Å². The summed E-state index contributed by atoms with van der Waals surface area (Å²) in [4.78, 5) is 3.17. The molecule has 5 saturated heterocycles. The molecule has 0 amide bonds. The van der Waals surface area contributed by atoms with E-state index in [1.165, 1.54) is 4.90 Å². The minimum absolute atomic E-state index is 0.0868. The smallest absolute Gasteiger partial charge is 0.0971 e. The highest BCUT2D eigenvalue weighted by molar-refractivity contribution is 4.50. The van der Waals surface area contributed by atoms with Crippen LogP contribution in [0.2, 0.25) is 0 Å². The number of ether oxygens (including phenoxy) is 20. The molecule has 5 fully saturated rings. The zero-order valence-corrected chi connectivity index (χ0v) is 58.3. The summed E-state index contributed by atoms with van der Waals surface area (Å²) in [6.45, 7) is 52.2. The van der Waals surface area contributed by atoms with Gasteiger partial charge in [0.2, 0.25) is 0 Å². The Bertz CT molecular complexity index is 754. The van der Waals surface area contributed by atoms with Gasteiger partial charge in [-0.15, -0.1) is 0 Å². The summed E-state index contributed by atoms with van der Waals surface area (Å²) in [7, 11) is 3.47. The molecule has 27 heteroatoms. The third-order valence-electron chi connectivity index (χ3n) is 9.65. The number of hydrogen-bond acceptors (Lipinski definition) is 27. The summed E-state index contributed by atoms with van der Waals surface area (Å²) in [6.07, 6.45) is 0. The van der Waals surface area contributed by atoms with Crippen molar-refractivity contribution in [3.63, 3.8) is 0 Å². The number of aliphatic hydroxyl groups is 3. The monoisotopic (exact) mass is 1300 g/mol.